The summed E-state index contributed by atoms with van der Waals surface area (Å²) in [7, 11) is -3.86. The number of amides is 2. The number of hydrogen-bond acceptors (Lipinski definition) is 4. The van der Waals surface area contributed by atoms with Gasteiger partial charge in [0.1, 0.15) is 11.2 Å². The molecule has 0 unspecified atom stereocenters. The summed E-state index contributed by atoms with van der Waals surface area (Å²) in [6.45, 7) is 0.753. The number of carbonyl (C=O) groups excluding carboxylic acids is 1. The number of imidazole rings is 1. The molecule has 1 N–H and O–H groups in total. The zero-order valence-corrected chi connectivity index (χ0v) is 17.5. The van der Waals surface area contributed by atoms with Gasteiger partial charge in [0.05, 0.1) is 21.1 Å². The molecule has 152 valence electrons. The van der Waals surface area contributed by atoms with Crippen molar-refractivity contribution in [1.29, 1.82) is 0 Å². The first-order valence-electron chi connectivity index (χ1n) is 8.80. The van der Waals surface area contributed by atoms with Crippen LogP contribution < -0.4 is 5.43 Å². The second-order valence-corrected chi connectivity index (χ2v) is 9.15. The van der Waals surface area contributed by atoms with Crippen LogP contribution >= 0.6 is 23.2 Å². The molecule has 0 aliphatic carbocycles. The molecule has 0 spiro atoms. The molecule has 2 heterocycles. The highest BCUT2D eigenvalue weighted by Crippen LogP contribution is 2.31. The fraction of sp³-hybridized carbons (Fsp3) is 0.222. The summed E-state index contributed by atoms with van der Waals surface area (Å²) in [5.74, 6) is 0. The number of benzene rings is 2. The van der Waals surface area contributed by atoms with Crippen molar-refractivity contribution in [2.24, 2.45) is 0 Å². The Morgan fingerprint density at radius 2 is 1.62 bits per heavy atom. The van der Waals surface area contributed by atoms with Crippen LogP contribution in [0.4, 0.5) is 4.79 Å². The molecule has 1 aliphatic heterocycles. The molecular formula is C18H17Cl2N5O3S. The maximum absolute atomic E-state index is 12.9. The average Bonchev–Trinajstić information content (AvgIpc) is 3.11. The van der Waals surface area contributed by atoms with Gasteiger partial charge in [-0.25, -0.2) is 28.3 Å². The van der Waals surface area contributed by atoms with Crippen molar-refractivity contribution in [2.45, 2.75) is 4.90 Å². The van der Waals surface area contributed by atoms with E-state index in [1.165, 1.54) is 22.8 Å². The average molecular weight is 454 g/mol. The van der Waals surface area contributed by atoms with E-state index in [0.717, 1.165) is 11.0 Å². The molecule has 29 heavy (non-hydrogen) atoms. The molecule has 1 aliphatic rings. The van der Waals surface area contributed by atoms with E-state index in [1.54, 1.807) is 15.6 Å². The molecule has 1 aromatic heterocycles. The third-order valence-electron chi connectivity index (χ3n) is 4.71. The number of hydrogen-bond donors (Lipinski definition) is 1. The van der Waals surface area contributed by atoms with E-state index in [-0.39, 0.29) is 47.2 Å². The van der Waals surface area contributed by atoms with Crippen LogP contribution in [0.2, 0.25) is 10.0 Å². The van der Waals surface area contributed by atoms with E-state index in [1.807, 2.05) is 24.3 Å². The van der Waals surface area contributed by atoms with Gasteiger partial charge in [0.2, 0.25) is 10.0 Å². The molecule has 4 rings (SSSR count). The van der Waals surface area contributed by atoms with Gasteiger partial charge in [-0.05, 0) is 24.3 Å². The molecule has 1 fully saturated rings. The number of urea groups is 1. The van der Waals surface area contributed by atoms with Crippen molar-refractivity contribution in [3.8, 4) is 0 Å². The molecule has 0 radical (unpaired) electrons. The first-order valence-corrected chi connectivity index (χ1v) is 11.0. The molecule has 3 aromatic rings. The Labute approximate surface area is 177 Å². The number of sulfonamides is 1. The third-order valence-corrected chi connectivity index (χ3v) is 7.57. The van der Waals surface area contributed by atoms with Gasteiger partial charge in [0.15, 0.2) is 0 Å². The molecule has 0 bridgehead atoms. The lowest BCUT2D eigenvalue weighted by atomic mass is 10.3. The first-order chi connectivity index (χ1) is 13.9. The lowest BCUT2D eigenvalue weighted by Gasteiger charge is -2.34. The number of rotatable bonds is 3. The number of para-hydroxylation sites is 2. The van der Waals surface area contributed by atoms with Gasteiger partial charge in [-0.2, -0.15) is 4.31 Å². The molecule has 11 heteroatoms. The zero-order valence-electron chi connectivity index (χ0n) is 15.1. The van der Waals surface area contributed by atoms with Crippen molar-refractivity contribution >= 4 is 50.3 Å². The Hall–Kier alpha value is -2.33. The Bertz CT molecular complexity index is 1150. The summed E-state index contributed by atoms with van der Waals surface area (Å²) in [4.78, 5) is 18.3. The largest absolute Gasteiger partial charge is 0.336 e. The number of aromatic nitrogens is 2. The second kappa shape index (κ2) is 7.83. The van der Waals surface area contributed by atoms with Crippen molar-refractivity contribution in [1.82, 2.24) is 18.9 Å². The van der Waals surface area contributed by atoms with Gasteiger partial charge in [-0.3, -0.25) is 0 Å². The number of nitrogens with zero attached hydrogens (tertiary/aromatic N) is 4. The van der Waals surface area contributed by atoms with Gasteiger partial charge >= 0.3 is 6.03 Å². The summed E-state index contributed by atoms with van der Waals surface area (Å²) in [5.41, 5.74) is 4.31. The molecule has 2 amide bonds. The fourth-order valence-corrected chi connectivity index (χ4v) is 5.73. The highest BCUT2D eigenvalue weighted by atomic mass is 35.5. The van der Waals surface area contributed by atoms with Gasteiger partial charge in [-0.1, -0.05) is 41.4 Å². The number of fused-ring (bicyclic) bond motifs is 1. The summed E-state index contributed by atoms with van der Waals surface area (Å²) in [6, 6.07) is 11.6. The molecular weight excluding hydrogens is 437 g/mol. The smallest absolute Gasteiger partial charge is 0.321 e. The highest BCUT2D eigenvalue weighted by molar-refractivity contribution is 7.89. The van der Waals surface area contributed by atoms with E-state index in [0.29, 0.717) is 0 Å². The Morgan fingerprint density at radius 1 is 0.966 bits per heavy atom. The predicted octanol–water partition coefficient (Wildman–Crippen LogP) is 3.01. The maximum Gasteiger partial charge on any atom is 0.336 e. The van der Waals surface area contributed by atoms with Crippen LogP contribution in [-0.2, 0) is 10.0 Å². The van der Waals surface area contributed by atoms with Crippen molar-refractivity contribution in [3.63, 3.8) is 0 Å². The minimum absolute atomic E-state index is 0.0738. The van der Waals surface area contributed by atoms with Crippen molar-refractivity contribution in [2.75, 3.05) is 31.6 Å². The number of piperazine rings is 1. The van der Waals surface area contributed by atoms with Gasteiger partial charge in [0.25, 0.3) is 0 Å². The summed E-state index contributed by atoms with van der Waals surface area (Å²) in [6.07, 6.45) is 1.53. The molecule has 0 atom stereocenters. The molecule has 0 saturated carbocycles. The van der Waals surface area contributed by atoms with Gasteiger partial charge in [0, 0.05) is 26.2 Å². The Morgan fingerprint density at radius 3 is 2.31 bits per heavy atom. The van der Waals surface area contributed by atoms with Crippen LogP contribution in [0.25, 0.3) is 11.0 Å². The second-order valence-electron chi connectivity index (χ2n) is 6.46. The summed E-state index contributed by atoms with van der Waals surface area (Å²) in [5, 5.41) is 0.148. The third kappa shape index (κ3) is 3.78. The predicted molar refractivity (Wildman–Crippen MR) is 111 cm³/mol. The van der Waals surface area contributed by atoms with Crippen LogP contribution in [-0.4, -0.2) is 59.5 Å². The standard InChI is InChI=1S/C18H17Cl2N5O3S/c19-13-4-3-5-14(20)17(13)29(27,28)24-10-8-23(9-11-24)18(26)22-25-12-21-15-6-1-2-7-16(15)25/h1-7,12H,8-11H2,(H,22,26). The topological polar surface area (TPSA) is 87.5 Å². The lowest BCUT2D eigenvalue weighted by Crippen LogP contribution is -2.52. The SMILES string of the molecule is O=C(Nn1cnc2ccccc21)N1CCN(S(=O)(=O)c2c(Cl)cccc2Cl)CC1. The van der Waals surface area contributed by atoms with Crippen molar-refractivity contribution in [3.05, 3.63) is 58.8 Å². The Kier molecular flexibility index (Phi) is 5.39. The van der Waals surface area contributed by atoms with Gasteiger partial charge < -0.3 is 4.90 Å². The van der Waals surface area contributed by atoms with E-state index in [2.05, 4.69) is 10.4 Å². The van der Waals surface area contributed by atoms with E-state index in [9.17, 15) is 13.2 Å². The molecule has 1 saturated heterocycles. The maximum atomic E-state index is 12.9. The van der Waals surface area contributed by atoms with E-state index < -0.39 is 10.0 Å². The summed E-state index contributed by atoms with van der Waals surface area (Å²) >= 11 is 12.1. The Balaban J connectivity index is 1.44. The van der Waals surface area contributed by atoms with Crippen LogP contribution in [0, 0.1) is 0 Å². The minimum Gasteiger partial charge on any atom is -0.321 e. The van der Waals surface area contributed by atoms with Gasteiger partial charge in [-0.15, -0.1) is 0 Å². The highest BCUT2D eigenvalue weighted by Gasteiger charge is 2.33. The van der Waals surface area contributed by atoms with Crippen molar-refractivity contribution < 1.29 is 13.2 Å². The lowest BCUT2D eigenvalue weighted by molar-refractivity contribution is 0.182. The first kappa shape index (κ1) is 20.0. The number of nitrogens with one attached hydrogen (secondary N) is 1. The normalized spacial score (nSPS) is 15.6. The van der Waals surface area contributed by atoms with E-state index >= 15 is 0 Å². The number of carbonyl (C=O) groups is 1. The monoisotopic (exact) mass is 453 g/mol. The van der Waals surface area contributed by atoms with Crippen LogP contribution in [0.1, 0.15) is 0 Å². The van der Waals surface area contributed by atoms with E-state index in [4.69, 9.17) is 23.2 Å². The zero-order chi connectivity index (χ0) is 20.6. The molecule has 8 nitrogen and oxygen atoms in total. The quantitative estimate of drug-likeness (QED) is 0.659. The summed E-state index contributed by atoms with van der Waals surface area (Å²) < 4.78 is 28.7. The molecule has 2 aromatic carbocycles. The fourth-order valence-electron chi connectivity index (χ4n) is 3.21. The van der Waals surface area contributed by atoms with Crippen LogP contribution in [0.15, 0.2) is 53.7 Å². The van der Waals surface area contributed by atoms with Crippen LogP contribution in [0.5, 0.6) is 0 Å². The minimum atomic E-state index is -3.86. The van der Waals surface area contributed by atoms with Crippen LogP contribution in [0.3, 0.4) is 0 Å². The number of halogens is 2.